The lowest BCUT2D eigenvalue weighted by Crippen LogP contribution is -1.91. The van der Waals surface area contributed by atoms with Gasteiger partial charge in [0.05, 0.1) is 6.20 Å². The fourth-order valence-electron chi connectivity index (χ4n) is 0.819. The molecule has 0 aromatic carbocycles. The van der Waals surface area contributed by atoms with E-state index in [1.165, 1.54) is 0 Å². The van der Waals surface area contributed by atoms with Crippen LogP contribution in [0.15, 0.2) is 18.5 Å². The maximum absolute atomic E-state index is 5.48. The Balaban J connectivity index is 2.65. The monoisotopic (exact) mass is 170 g/mol. The third kappa shape index (κ3) is 2.39. The van der Waals surface area contributed by atoms with Gasteiger partial charge in [0.1, 0.15) is 0 Å². The Bertz CT molecular complexity index is 240. The molecule has 0 atom stereocenters. The van der Waals surface area contributed by atoms with E-state index in [0.29, 0.717) is 5.88 Å². The van der Waals surface area contributed by atoms with Gasteiger partial charge in [0.2, 0.25) is 0 Å². The van der Waals surface area contributed by atoms with E-state index in [1.54, 1.807) is 0 Å². The van der Waals surface area contributed by atoms with Crippen LogP contribution in [0.1, 0.15) is 12.5 Å². The Morgan fingerprint density at radius 2 is 2.55 bits per heavy atom. The van der Waals surface area contributed by atoms with Gasteiger partial charge >= 0.3 is 0 Å². The number of aromatic nitrogens is 2. The molecule has 2 nitrogen and oxygen atoms in total. The average molecular weight is 171 g/mol. The molecule has 0 aliphatic heterocycles. The molecule has 0 N–H and O–H groups in total. The Morgan fingerprint density at radius 1 is 1.73 bits per heavy atom. The first-order valence-electron chi connectivity index (χ1n) is 3.61. The van der Waals surface area contributed by atoms with Gasteiger partial charge in [-0.15, -0.1) is 11.6 Å². The summed E-state index contributed by atoms with van der Waals surface area (Å²) in [5, 5.41) is 4.11. The van der Waals surface area contributed by atoms with Crippen LogP contribution in [-0.2, 0) is 6.54 Å². The Morgan fingerprint density at radius 3 is 3.09 bits per heavy atom. The molecule has 1 aromatic rings. The molecule has 0 aliphatic rings. The van der Waals surface area contributed by atoms with Crippen molar-refractivity contribution >= 4 is 17.7 Å². The van der Waals surface area contributed by atoms with Crippen molar-refractivity contribution in [2.75, 3.05) is 5.88 Å². The Labute approximate surface area is 71.5 Å². The lowest BCUT2D eigenvalue weighted by Gasteiger charge is -1.88. The summed E-state index contributed by atoms with van der Waals surface area (Å²) in [5.74, 6) is 0.553. The minimum atomic E-state index is 0.553. The second-order valence-electron chi connectivity index (χ2n) is 2.19. The highest BCUT2D eigenvalue weighted by molar-refractivity contribution is 6.19. The molecule has 0 radical (unpaired) electrons. The molecule has 0 amide bonds. The molecule has 0 spiro atoms. The van der Waals surface area contributed by atoms with Crippen LogP contribution in [0.25, 0.3) is 6.08 Å². The van der Waals surface area contributed by atoms with Crippen molar-refractivity contribution in [3.8, 4) is 0 Å². The number of hydrogen-bond acceptors (Lipinski definition) is 1. The van der Waals surface area contributed by atoms with Crippen LogP contribution in [0.4, 0.5) is 0 Å². The van der Waals surface area contributed by atoms with Crippen molar-refractivity contribution in [1.82, 2.24) is 9.78 Å². The van der Waals surface area contributed by atoms with Crippen molar-refractivity contribution in [3.05, 3.63) is 24.0 Å². The summed E-state index contributed by atoms with van der Waals surface area (Å²) in [5.41, 5.74) is 1.10. The molecule has 0 fully saturated rings. The van der Waals surface area contributed by atoms with Gasteiger partial charge in [-0.05, 0) is 6.92 Å². The van der Waals surface area contributed by atoms with Crippen molar-refractivity contribution in [1.29, 1.82) is 0 Å². The Hall–Kier alpha value is -0.760. The fourth-order valence-corrected chi connectivity index (χ4v) is 0.908. The highest BCUT2D eigenvalue weighted by atomic mass is 35.5. The standard InChI is InChI=1S/C8H11ClN2/c1-2-11-7-8(6-10-11)4-3-5-9/h3-4,6-7H,2,5H2,1H3/b4-3+. The second kappa shape index (κ2) is 4.19. The first kappa shape index (κ1) is 8.34. The van der Waals surface area contributed by atoms with Gasteiger partial charge in [-0.25, -0.2) is 0 Å². The lowest BCUT2D eigenvalue weighted by atomic mass is 10.3. The van der Waals surface area contributed by atoms with Crippen molar-refractivity contribution in [3.63, 3.8) is 0 Å². The van der Waals surface area contributed by atoms with E-state index in [2.05, 4.69) is 12.0 Å². The first-order chi connectivity index (χ1) is 5.36. The van der Waals surface area contributed by atoms with Crippen LogP contribution in [0.3, 0.4) is 0 Å². The maximum Gasteiger partial charge on any atom is 0.0562 e. The van der Waals surface area contributed by atoms with Gasteiger partial charge in [-0.3, -0.25) is 4.68 Å². The minimum absolute atomic E-state index is 0.553. The second-order valence-corrected chi connectivity index (χ2v) is 2.49. The molecule has 1 rings (SSSR count). The summed E-state index contributed by atoms with van der Waals surface area (Å²) in [6, 6.07) is 0. The predicted molar refractivity (Wildman–Crippen MR) is 47.7 cm³/mol. The largest absolute Gasteiger partial charge is 0.272 e. The number of rotatable bonds is 3. The zero-order valence-electron chi connectivity index (χ0n) is 6.50. The molecule has 0 unspecified atom stereocenters. The van der Waals surface area contributed by atoms with Gasteiger partial charge in [-0.1, -0.05) is 12.2 Å². The van der Waals surface area contributed by atoms with E-state index < -0.39 is 0 Å². The average Bonchev–Trinajstić information content (AvgIpc) is 2.48. The van der Waals surface area contributed by atoms with Gasteiger partial charge in [0, 0.05) is 24.2 Å². The van der Waals surface area contributed by atoms with E-state index in [9.17, 15) is 0 Å². The molecule has 11 heavy (non-hydrogen) atoms. The zero-order chi connectivity index (χ0) is 8.10. The van der Waals surface area contributed by atoms with Crippen molar-refractivity contribution in [2.24, 2.45) is 0 Å². The van der Waals surface area contributed by atoms with Gasteiger partial charge in [0.15, 0.2) is 0 Å². The molecule has 1 heterocycles. The van der Waals surface area contributed by atoms with E-state index in [4.69, 9.17) is 11.6 Å². The molecule has 0 bridgehead atoms. The highest BCUT2D eigenvalue weighted by Gasteiger charge is 1.90. The van der Waals surface area contributed by atoms with Crippen LogP contribution in [-0.4, -0.2) is 15.7 Å². The molecular weight excluding hydrogens is 160 g/mol. The first-order valence-corrected chi connectivity index (χ1v) is 4.15. The summed E-state index contributed by atoms with van der Waals surface area (Å²) in [4.78, 5) is 0. The number of allylic oxidation sites excluding steroid dienone is 1. The smallest absolute Gasteiger partial charge is 0.0562 e. The van der Waals surface area contributed by atoms with Crippen LogP contribution < -0.4 is 0 Å². The van der Waals surface area contributed by atoms with E-state index in [0.717, 1.165) is 12.1 Å². The normalized spacial score (nSPS) is 11.1. The quantitative estimate of drug-likeness (QED) is 0.636. The molecule has 0 saturated carbocycles. The van der Waals surface area contributed by atoms with Crippen LogP contribution >= 0.6 is 11.6 Å². The fraction of sp³-hybridized carbons (Fsp3) is 0.375. The third-order valence-electron chi connectivity index (χ3n) is 1.38. The molecule has 60 valence electrons. The summed E-state index contributed by atoms with van der Waals surface area (Å²) in [6.07, 6.45) is 7.68. The highest BCUT2D eigenvalue weighted by Crippen LogP contribution is 2.00. The van der Waals surface area contributed by atoms with Crippen LogP contribution in [0.5, 0.6) is 0 Å². The molecular formula is C8H11ClN2. The van der Waals surface area contributed by atoms with Gasteiger partial charge in [0.25, 0.3) is 0 Å². The van der Waals surface area contributed by atoms with E-state index >= 15 is 0 Å². The summed E-state index contributed by atoms with van der Waals surface area (Å²) in [6.45, 7) is 2.97. The Kier molecular flexibility index (Phi) is 3.17. The summed E-state index contributed by atoms with van der Waals surface area (Å²) >= 11 is 5.48. The van der Waals surface area contributed by atoms with Gasteiger partial charge in [-0.2, -0.15) is 5.10 Å². The zero-order valence-corrected chi connectivity index (χ0v) is 7.25. The molecule has 0 saturated heterocycles. The molecule has 3 heteroatoms. The van der Waals surface area contributed by atoms with Crippen molar-refractivity contribution in [2.45, 2.75) is 13.5 Å². The number of nitrogens with zero attached hydrogens (tertiary/aromatic N) is 2. The number of hydrogen-bond donors (Lipinski definition) is 0. The number of aryl methyl sites for hydroxylation is 1. The van der Waals surface area contributed by atoms with Gasteiger partial charge < -0.3 is 0 Å². The lowest BCUT2D eigenvalue weighted by molar-refractivity contribution is 0.660. The summed E-state index contributed by atoms with van der Waals surface area (Å²) in [7, 11) is 0. The topological polar surface area (TPSA) is 17.8 Å². The van der Waals surface area contributed by atoms with Crippen LogP contribution in [0.2, 0.25) is 0 Å². The van der Waals surface area contributed by atoms with E-state index in [-0.39, 0.29) is 0 Å². The third-order valence-corrected chi connectivity index (χ3v) is 1.55. The molecule has 1 aromatic heterocycles. The van der Waals surface area contributed by atoms with Crippen LogP contribution in [0, 0.1) is 0 Å². The summed E-state index contributed by atoms with van der Waals surface area (Å²) < 4.78 is 1.88. The number of alkyl halides is 1. The van der Waals surface area contributed by atoms with E-state index in [1.807, 2.05) is 29.2 Å². The SMILES string of the molecule is CCn1cc(/C=C/CCl)cn1. The predicted octanol–water partition coefficient (Wildman–Crippen LogP) is 2.16. The minimum Gasteiger partial charge on any atom is -0.272 e. The van der Waals surface area contributed by atoms with Crippen molar-refractivity contribution < 1.29 is 0 Å². The number of halogens is 1. The molecule has 0 aliphatic carbocycles. The maximum atomic E-state index is 5.48.